The van der Waals surface area contributed by atoms with Gasteiger partial charge >= 0.3 is 0 Å². The van der Waals surface area contributed by atoms with Crippen LogP contribution in [0.25, 0.3) is 0 Å². The van der Waals surface area contributed by atoms with Gasteiger partial charge in [-0.25, -0.2) is 0 Å². The second-order valence-corrected chi connectivity index (χ2v) is 11.9. The average Bonchev–Trinajstić information content (AvgIpc) is 2.97. The largest absolute Gasteiger partial charge is 0.381 e. The van der Waals surface area contributed by atoms with Crippen LogP contribution in [0.3, 0.4) is 0 Å². The molecule has 1 spiro atoms. The number of allylic oxidation sites excluding steroid dienone is 2. The van der Waals surface area contributed by atoms with Crippen molar-refractivity contribution in [2.45, 2.75) is 69.9 Å². The molecule has 8 nitrogen and oxygen atoms in total. The minimum absolute atomic E-state index is 0.00938. The minimum atomic E-state index is -0.637. The minimum Gasteiger partial charge on any atom is -0.381 e. The Kier molecular flexibility index (Phi) is 9.35. The zero-order chi connectivity index (χ0) is 27.1. The van der Waals surface area contributed by atoms with Crippen molar-refractivity contribution in [3.8, 4) is 0 Å². The number of likely N-dealkylation sites (tertiary alicyclic amines) is 2. The second kappa shape index (κ2) is 13.1. The Morgan fingerprint density at radius 2 is 1.74 bits per heavy atom. The third-order valence-electron chi connectivity index (χ3n) is 9.16. The predicted octanol–water partition coefficient (Wildman–Crippen LogP) is 2.68. The molecule has 3 atom stereocenters. The summed E-state index contributed by atoms with van der Waals surface area (Å²) in [4.78, 5) is 44.7. The van der Waals surface area contributed by atoms with Crippen molar-refractivity contribution in [2.24, 2.45) is 11.3 Å². The number of hydrogen-bond donors (Lipinski definition) is 2. The summed E-state index contributed by atoms with van der Waals surface area (Å²) < 4.78 is 5.60. The zero-order valence-electron chi connectivity index (χ0n) is 23.1. The average molecular weight is 537 g/mol. The maximum atomic E-state index is 13.7. The van der Waals surface area contributed by atoms with Crippen LogP contribution in [0, 0.1) is 11.3 Å². The standard InChI is InChI=1S/C31H44N4O4/c36-28(35-16-7-2-8-17-35)23-34-18-12-26-25(22-34)11-5-6-13-31(14-19-39-20-15-31)30(38)33-27(29(37)32-26)21-24-9-3-1-4-10-24/h1,3-6,9-10,25-27H,2,7-8,11-23H2,(H,32,37)(H,33,38)/t25-,26+,27+/m0/s1. The van der Waals surface area contributed by atoms with E-state index < -0.39 is 11.5 Å². The summed E-state index contributed by atoms with van der Waals surface area (Å²) in [5, 5.41) is 6.48. The summed E-state index contributed by atoms with van der Waals surface area (Å²) >= 11 is 0. The lowest BCUT2D eigenvalue weighted by molar-refractivity contribution is -0.140. The van der Waals surface area contributed by atoms with Crippen LogP contribution >= 0.6 is 0 Å². The Hall–Kier alpha value is -2.71. The van der Waals surface area contributed by atoms with Gasteiger partial charge in [0.05, 0.1) is 12.0 Å². The van der Waals surface area contributed by atoms with E-state index in [0.717, 1.165) is 57.4 Å². The van der Waals surface area contributed by atoms with E-state index >= 15 is 0 Å². The summed E-state index contributed by atoms with van der Waals surface area (Å²) in [7, 11) is 0. The second-order valence-electron chi connectivity index (χ2n) is 11.9. The molecule has 0 saturated carbocycles. The van der Waals surface area contributed by atoms with Gasteiger partial charge in [-0.05, 0) is 62.8 Å². The van der Waals surface area contributed by atoms with Crippen molar-refractivity contribution in [3.05, 3.63) is 48.0 Å². The van der Waals surface area contributed by atoms with Crippen LogP contribution in [0.1, 0.15) is 56.9 Å². The molecule has 5 rings (SSSR count). The van der Waals surface area contributed by atoms with E-state index in [4.69, 9.17) is 4.74 Å². The van der Waals surface area contributed by atoms with Crippen molar-refractivity contribution in [1.29, 1.82) is 0 Å². The number of carbonyl (C=O) groups excluding carboxylic acids is 3. The summed E-state index contributed by atoms with van der Waals surface area (Å²) in [5.41, 5.74) is 0.468. The van der Waals surface area contributed by atoms with E-state index in [2.05, 4.69) is 27.7 Å². The number of nitrogens with one attached hydrogen (secondary N) is 2. The van der Waals surface area contributed by atoms with Gasteiger partial charge in [0, 0.05) is 51.9 Å². The number of ether oxygens (including phenoxy) is 1. The van der Waals surface area contributed by atoms with Gasteiger partial charge in [-0.1, -0.05) is 42.5 Å². The lowest BCUT2D eigenvalue weighted by Gasteiger charge is -2.41. The number of rotatable bonds is 4. The molecular weight excluding hydrogens is 492 g/mol. The molecule has 39 heavy (non-hydrogen) atoms. The molecule has 3 amide bonds. The Balaban J connectivity index is 1.33. The first-order valence-electron chi connectivity index (χ1n) is 14.9. The molecule has 1 aromatic carbocycles. The first-order chi connectivity index (χ1) is 19.0. The Bertz CT molecular complexity index is 1020. The number of benzene rings is 1. The summed E-state index contributed by atoms with van der Waals surface area (Å²) in [6.45, 7) is 4.88. The highest BCUT2D eigenvalue weighted by Crippen LogP contribution is 2.36. The Morgan fingerprint density at radius 1 is 0.974 bits per heavy atom. The fourth-order valence-corrected chi connectivity index (χ4v) is 6.63. The van der Waals surface area contributed by atoms with Gasteiger partial charge in [-0.3, -0.25) is 19.3 Å². The molecule has 1 aromatic rings. The van der Waals surface area contributed by atoms with Crippen molar-refractivity contribution in [1.82, 2.24) is 20.4 Å². The highest BCUT2D eigenvalue weighted by Gasteiger charge is 2.41. The highest BCUT2D eigenvalue weighted by molar-refractivity contribution is 5.90. The van der Waals surface area contributed by atoms with Gasteiger partial charge < -0.3 is 20.3 Å². The van der Waals surface area contributed by atoms with Crippen LogP contribution in [0.2, 0.25) is 0 Å². The van der Waals surface area contributed by atoms with E-state index in [1.165, 1.54) is 6.42 Å². The van der Waals surface area contributed by atoms with E-state index in [0.29, 0.717) is 45.4 Å². The zero-order valence-corrected chi connectivity index (χ0v) is 23.1. The van der Waals surface area contributed by atoms with Crippen LogP contribution in [0.5, 0.6) is 0 Å². The van der Waals surface area contributed by atoms with Gasteiger partial charge in [0.25, 0.3) is 0 Å². The predicted molar refractivity (Wildman–Crippen MR) is 150 cm³/mol. The molecular formula is C31H44N4O4. The molecule has 4 aliphatic rings. The van der Waals surface area contributed by atoms with Crippen LogP contribution in [-0.2, 0) is 25.5 Å². The maximum absolute atomic E-state index is 13.7. The first-order valence-corrected chi connectivity index (χ1v) is 14.9. The molecule has 0 aliphatic carbocycles. The fourth-order valence-electron chi connectivity index (χ4n) is 6.63. The number of hydrogen-bond acceptors (Lipinski definition) is 5. The molecule has 0 unspecified atom stereocenters. The van der Waals surface area contributed by atoms with Crippen LogP contribution in [-0.4, -0.2) is 85.5 Å². The monoisotopic (exact) mass is 536 g/mol. The van der Waals surface area contributed by atoms with Crippen LogP contribution in [0.4, 0.5) is 0 Å². The molecule has 4 aliphatic heterocycles. The van der Waals surface area contributed by atoms with E-state index in [1.807, 2.05) is 35.2 Å². The van der Waals surface area contributed by atoms with Crippen LogP contribution < -0.4 is 10.6 Å². The van der Waals surface area contributed by atoms with Crippen molar-refractivity contribution >= 4 is 17.7 Å². The number of nitrogens with zero attached hydrogens (tertiary/aromatic N) is 2. The topological polar surface area (TPSA) is 91.0 Å². The first kappa shape index (κ1) is 27.8. The molecule has 3 saturated heterocycles. The molecule has 0 radical (unpaired) electrons. The molecule has 0 bridgehead atoms. The van der Waals surface area contributed by atoms with Crippen molar-refractivity contribution in [2.75, 3.05) is 45.9 Å². The van der Waals surface area contributed by atoms with Crippen molar-refractivity contribution < 1.29 is 19.1 Å². The van der Waals surface area contributed by atoms with E-state index in [9.17, 15) is 14.4 Å². The molecule has 212 valence electrons. The summed E-state index contributed by atoms with van der Waals surface area (Å²) in [6, 6.07) is 9.27. The Labute approximate surface area is 232 Å². The third kappa shape index (κ3) is 7.09. The lowest BCUT2D eigenvalue weighted by atomic mass is 9.75. The lowest BCUT2D eigenvalue weighted by Crippen LogP contribution is -2.58. The SMILES string of the molecule is O=C1N[C@@H]2CCN(CC(=O)N3CCCCC3)C[C@@H]2CC=CCC2(CCOCC2)C(=O)N[C@@H]1Cc1ccccc1. The highest BCUT2D eigenvalue weighted by atomic mass is 16.5. The summed E-state index contributed by atoms with van der Waals surface area (Å²) in [5.74, 6) is 0.278. The van der Waals surface area contributed by atoms with Crippen molar-refractivity contribution in [3.63, 3.8) is 0 Å². The maximum Gasteiger partial charge on any atom is 0.243 e. The summed E-state index contributed by atoms with van der Waals surface area (Å²) in [6.07, 6.45) is 11.8. The van der Waals surface area contributed by atoms with E-state index in [1.54, 1.807) is 0 Å². The third-order valence-corrected chi connectivity index (χ3v) is 9.16. The fraction of sp³-hybridized carbons (Fsp3) is 0.645. The molecule has 8 heteroatoms. The normalized spacial score (nSPS) is 28.5. The number of amides is 3. The van der Waals surface area contributed by atoms with Gasteiger partial charge in [0.1, 0.15) is 6.04 Å². The molecule has 2 N–H and O–H groups in total. The number of piperidine rings is 2. The smallest absolute Gasteiger partial charge is 0.243 e. The molecule has 3 fully saturated rings. The van der Waals surface area contributed by atoms with Gasteiger partial charge in [0.2, 0.25) is 17.7 Å². The van der Waals surface area contributed by atoms with Gasteiger partial charge in [-0.2, -0.15) is 0 Å². The van der Waals surface area contributed by atoms with Gasteiger partial charge in [-0.15, -0.1) is 0 Å². The number of carbonyl (C=O) groups is 3. The number of fused-ring (bicyclic) bond motifs is 1. The van der Waals surface area contributed by atoms with Crippen LogP contribution in [0.15, 0.2) is 42.5 Å². The quantitative estimate of drug-likeness (QED) is 0.578. The molecule has 4 heterocycles. The van der Waals surface area contributed by atoms with Gasteiger partial charge in [0.15, 0.2) is 0 Å². The van der Waals surface area contributed by atoms with E-state index in [-0.39, 0.29) is 29.7 Å². The Morgan fingerprint density at radius 3 is 2.51 bits per heavy atom. The molecule has 0 aromatic heterocycles.